The van der Waals surface area contributed by atoms with E-state index in [4.69, 9.17) is 9.47 Å². The van der Waals surface area contributed by atoms with Gasteiger partial charge in [-0.3, -0.25) is 15.0 Å². The standard InChI is InChI=1S/C34H40N2O4/c1-34(2,3)40-32(37)17-16-24-10-9-11-25(18-24)21-36-22-27-19-29(20-28(27)23-36)39-33(38)35-31-15-8-7-14-30(31)26-12-5-4-6-13-26/h4-15,18,27-29H,16-17,19-23H2,1-3H3,(H,35,38)/t27-,28+,29+. The Morgan fingerprint density at radius 1 is 0.875 bits per heavy atom. The van der Waals surface area contributed by atoms with Gasteiger partial charge in [0.15, 0.2) is 0 Å². The summed E-state index contributed by atoms with van der Waals surface area (Å²) in [7, 11) is 0. The molecule has 1 saturated carbocycles. The van der Waals surface area contributed by atoms with Crippen molar-refractivity contribution in [3.8, 4) is 11.1 Å². The maximum Gasteiger partial charge on any atom is 0.411 e. The predicted molar refractivity (Wildman–Crippen MR) is 158 cm³/mol. The highest BCUT2D eigenvalue weighted by atomic mass is 16.6. The Kier molecular flexibility index (Phi) is 8.55. The third kappa shape index (κ3) is 7.51. The average Bonchev–Trinajstić information content (AvgIpc) is 3.45. The zero-order valence-corrected chi connectivity index (χ0v) is 23.8. The number of para-hydroxylation sites is 1. The first-order chi connectivity index (χ1) is 19.2. The molecule has 1 aliphatic heterocycles. The Labute approximate surface area is 237 Å². The van der Waals surface area contributed by atoms with Crippen LogP contribution in [0.3, 0.4) is 0 Å². The van der Waals surface area contributed by atoms with E-state index in [0.29, 0.717) is 24.7 Å². The maximum absolute atomic E-state index is 12.8. The summed E-state index contributed by atoms with van der Waals surface area (Å²) in [5.74, 6) is 0.936. The topological polar surface area (TPSA) is 67.9 Å². The van der Waals surface area contributed by atoms with Crippen LogP contribution in [0.15, 0.2) is 78.9 Å². The fraction of sp³-hybridized carbons (Fsp3) is 0.412. The van der Waals surface area contributed by atoms with E-state index in [0.717, 1.165) is 54.9 Å². The highest BCUT2D eigenvalue weighted by Crippen LogP contribution is 2.40. The minimum atomic E-state index is -0.450. The Hall–Kier alpha value is -3.64. The van der Waals surface area contributed by atoms with Gasteiger partial charge in [-0.25, -0.2) is 4.79 Å². The molecule has 3 aromatic carbocycles. The van der Waals surface area contributed by atoms with Crippen LogP contribution in [0.1, 0.15) is 51.2 Å². The Morgan fingerprint density at radius 3 is 2.27 bits per heavy atom. The SMILES string of the molecule is CC(C)(C)OC(=O)CCc1cccc(CN2C[C@H]3C[C@H](OC(=O)Nc4ccccc4-c4ccccc4)C[C@H]3C2)c1. The number of hydrogen-bond acceptors (Lipinski definition) is 5. The number of hydrogen-bond donors (Lipinski definition) is 1. The van der Waals surface area contributed by atoms with Crippen LogP contribution in [-0.2, 0) is 27.2 Å². The molecule has 1 amide bonds. The van der Waals surface area contributed by atoms with Crippen molar-refractivity contribution >= 4 is 17.7 Å². The number of carbonyl (C=O) groups is 2. The van der Waals surface area contributed by atoms with Crippen molar-refractivity contribution in [2.24, 2.45) is 11.8 Å². The van der Waals surface area contributed by atoms with Crippen LogP contribution in [-0.4, -0.2) is 41.8 Å². The first kappa shape index (κ1) is 27.9. The third-order valence-corrected chi connectivity index (χ3v) is 7.74. The number of esters is 1. The van der Waals surface area contributed by atoms with Gasteiger partial charge in [-0.2, -0.15) is 0 Å². The lowest BCUT2D eigenvalue weighted by Crippen LogP contribution is -2.25. The van der Waals surface area contributed by atoms with Crippen LogP contribution in [0.25, 0.3) is 11.1 Å². The Balaban J connectivity index is 1.08. The van der Waals surface area contributed by atoms with Gasteiger partial charge >= 0.3 is 12.1 Å². The number of ether oxygens (including phenoxy) is 2. The van der Waals surface area contributed by atoms with E-state index in [-0.39, 0.29) is 18.2 Å². The monoisotopic (exact) mass is 540 g/mol. The molecule has 0 unspecified atom stereocenters. The zero-order valence-electron chi connectivity index (χ0n) is 23.8. The number of rotatable bonds is 8. The van der Waals surface area contributed by atoms with E-state index >= 15 is 0 Å². The van der Waals surface area contributed by atoms with Crippen LogP contribution in [0.2, 0.25) is 0 Å². The summed E-state index contributed by atoms with van der Waals surface area (Å²) in [4.78, 5) is 27.4. The van der Waals surface area contributed by atoms with Gasteiger partial charge in [0, 0.05) is 31.6 Å². The zero-order chi connectivity index (χ0) is 28.1. The minimum absolute atomic E-state index is 0.0442. The van der Waals surface area contributed by atoms with Crippen molar-refractivity contribution in [2.75, 3.05) is 18.4 Å². The molecule has 210 valence electrons. The molecule has 2 fully saturated rings. The van der Waals surface area contributed by atoms with Crippen molar-refractivity contribution in [2.45, 2.75) is 64.7 Å². The van der Waals surface area contributed by atoms with Gasteiger partial charge in [0.2, 0.25) is 0 Å². The van der Waals surface area contributed by atoms with Crippen LogP contribution in [0.5, 0.6) is 0 Å². The van der Waals surface area contributed by atoms with Crippen molar-refractivity contribution in [1.29, 1.82) is 0 Å². The number of aryl methyl sites for hydroxylation is 1. The number of likely N-dealkylation sites (tertiary alicyclic amines) is 1. The lowest BCUT2D eigenvalue weighted by molar-refractivity contribution is -0.154. The summed E-state index contributed by atoms with van der Waals surface area (Å²) in [5, 5.41) is 2.98. The second-order valence-corrected chi connectivity index (χ2v) is 12.2. The average molecular weight is 541 g/mol. The molecule has 0 bridgehead atoms. The normalized spacial score (nSPS) is 20.6. The number of fused-ring (bicyclic) bond motifs is 1. The second kappa shape index (κ2) is 12.3. The molecule has 0 radical (unpaired) electrons. The van der Waals surface area contributed by atoms with Gasteiger partial charge in [0.05, 0.1) is 5.69 Å². The van der Waals surface area contributed by atoms with Gasteiger partial charge in [-0.15, -0.1) is 0 Å². The fourth-order valence-corrected chi connectivity index (χ4v) is 6.10. The molecular formula is C34H40N2O4. The summed E-state index contributed by atoms with van der Waals surface area (Å²) < 4.78 is 11.3. The minimum Gasteiger partial charge on any atom is -0.460 e. The number of carbonyl (C=O) groups excluding carboxylic acids is 2. The van der Waals surface area contributed by atoms with E-state index in [9.17, 15) is 9.59 Å². The highest BCUT2D eigenvalue weighted by molar-refractivity contribution is 5.91. The summed E-state index contributed by atoms with van der Waals surface area (Å²) in [6.07, 6.45) is 2.47. The molecule has 0 spiro atoms. The Bertz CT molecular complexity index is 1300. The molecular weight excluding hydrogens is 500 g/mol. The molecule has 3 aromatic rings. The smallest absolute Gasteiger partial charge is 0.411 e. The number of anilines is 1. The van der Waals surface area contributed by atoms with Crippen molar-refractivity contribution in [3.05, 3.63) is 90.0 Å². The van der Waals surface area contributed by atoms with Gasteiger partial charge in [0.25, 0.3) is 0 Å². The van der Waals surface area contributed by atoms with Gasteiger partial charge in [-0.05, 0) is 74.6 Å². The van der Waals surface area contributed by atoms with E-state index < -0.39 is 5.60 Å². The molecule has 1 heterocycles. The molecule has 1 saturated heterocycles. The lowest BCUT2D eigenvalue weighted by Gasteiger charge is -2.20. The maximum atomic E-state index is 12.8. The van der Waals surface area contributed by atoms with Crippen molar-refractivity contribution in [3.63, 3.8) is 0 Å². The molecule has 3 atom stereocenters. The fourth-order valence-electron chi connectivity index (χ4n) is 6.10. The number of amides is 1. The van der Waals surface area contributed by atoms with Gasteiger partial charge in [-0.1, -0.05) is 72.8 Å². The van der Waals surface area contributed by atoms with E-state index in [1.165, 1.54) is 5.56 Å². The summed E-state index contributed by atoms with van der Waals surface area (Å²) in [6.45, 7) is 8.62. The molecule has 6 nitrogen and oxygen atoms in total. The summed E-state index contributed by atoms with van der Waals surface area (Å²) in [5.41, 5.74) is 4.78. The number of nitrogens with one attached hydrogen (secondary N) is 1. The number of nitrogens with zero attached hydrogens (tertiary/aromatic N) is 1. The molecule has 6 heteroatoms. The van der Waals surface area contributed by atoms with Gasteiger partial charge < -0.3 is 9.47 Å². The van der Waals surface area contributed by atoms with E-state index in [2.05, 4.69) is 34.5 Å². The summed E-state index contributed by atoms with van der Waals surface area (Å²) >= 11 is 0. The first-order valence-electron chi connectivity index (χ1n) is 14.4. The molecule has 1 N–H and O–H groups in total. The molecule has 40 heavy (non-hydrogen) atoms. The lowest BCUT2D eigenvalue weighted by atomic mass is 10.0. The van der Waals surface area contributed by atoms with Crippen LogP contribution >= 0.6 is 0 Å². The highest BCUT2D eigenvalue weighted by Gasteiger charge is 2.42. The van der Waals surface area contributed by atoms with Crippen molar-refractivity contribution in [1.82, 2.24) is 4.90 Å². The third-order valence-electron chi connectivity index (χ3n) is 7.74. The molecule has 5 rings (SSSR count). The van der Waals surface area contributed by atoms with Crippen molar-refractivity contribution < 1.29 is 19.1 Å². The van der Waals surface area contributed by atoms with Gasteiger partial charge in [0.1, 0.15) is 11.7 Å². The molecule has 1 aliphatic carbocycles. The van der Waals surface area contributed by atoms with Crippen LogP contribution in [0.4, 0.5) is 10.5 Å². The number of benzene rings is 3. The van der Waals surface area contributed by atoms with E-state index in [1.807, 2.05) is 75.4 Å². The quantitative estimate of drug-likeness (QED) is 0.309. The first-order valence-corrected chi connectivity index (χ1v) is 14.4. The molecule has 0 aromatic heterocycles. The summed E-state index contributed by atoms with van der Waals surface area (Å²) in [6, 6.07) is 26.4. The van der Waals surface area contributed by atoms with E-state index in [1.54, 1.807) is 0 Å². The van der Waals surface area contributed by atoms with Crippen LogP contribution < -0.4 is 5.32 Å². The Morgan fingerprint density at radius 2 is 1.55 bits per heavy atom. The van der Waals surface area contributed by atoms with Crippen LogP contribution in [0, 0.1) is 11.8 Å². The second-order valence-electron chi connectivity index (χ2n) is 12.2. The molecule has 2 aliphatic rings. The predicted octanol–water partition coefficient (Wildman–Crippen LogP) is 7.09. The largest absolute Gasteiger partial charge is 0.460 e.